The van der Waals surface area contributed by atoms with E-state index in [0.29, 0.717) is 21.3 Å². The average molecular weight is 472 g/mol. The maximum atomic E-state index is 13.2. The van der Waals surface area contributed by atoms with Gasteiger partial charge in [0, 0.05) is 23.1 Å². The molecule has 162 valence electrons. The first kappa shape index (κ1) is 21.5. The van der Waals surface area contributed by atoms with E-state index in [-0.39, 0.29) is 33.9 Å². The van der Waals surface area contributed by atoms with Crippen molar-refractivity contribution in [3.8, 4) is 16.9 Å². The smallest absolute Gasteiger partial charge is 0.271 e. The second-order valence-corrected chi connectivity index (χ2v) is 8.33. The van der Waals surface area contributed by atoms with Gasteiger partial charge in [-0.15, -0.1) is 11.3 Å². The molecule has 1 amide bonds. The number of amides is 1. The van der Waals surface area contributed by atoms with Crippen LogP contribution in [0.3, 0.4) is 0 Å². The quantitative estimate of drug-likeness (QED) is 0.126. The number of nitrogens with zero attached hydrogens (tertiary/aromatic N) is 2. The number of nitrogens with one attached hydrogen (secondary N) is 2. The number of aromatic nitrogens is 2. The molecule has 0 aliphatic rings. The zero-order valence-electron chi connectivity index (χ0n) is 16.0. The molecule has 2 heterocycles. The van der Waals surface area contributed by atoms with Crippen LogP contribution in [-0.2, 0) is 4.79 Å². The van der Waals surface area contributed by atoms with Gasteiger partial charge in [0.05, 0.1) is 21.7 Å². The molecule has 0 saturated heterocycles. The summed E-state index contributed by atoms with van der Waals surface area (Å²) < 4.78 is 13.2. The van der Waals surface area contributed by atoms with E-state index in [1.165, 1.54) is 23.5 Å². The van der Waals surface area contributed by atoms with Crippen LogP contribution in [0.2, 0.25) is 0 Å². The molecule has 0 bridgehead atoms. The molecular weight excluding hydrogens is 459 g/mol. The van der Waals surface area contributed by atoms with Gasteiger partial charge in [0.2, 0.25) is 5.91 Å². The summed E-state index contributed by atoms with van der Waals surface area (Å²) >= 11 is 2.21. The van der Waals surface area contributed by atoms with Crippen molar-refractivity contribution in [1.82, 2.24) is 9.97 Å². The zero-order chi connectivity index (χ0) is 22.8. The first-order chi connectivity index (χ1) is 15.3. The largest absolute Gasteiger partial charge is 0.506 e. The van der Waals surface area contributed by atoms with Crippen molar-refractivity contribution in [2.75, 3.05) is 11.1 Å². The fraction of sp³-hybridized carbons (Fsp3) is 0.0500. The minimum atomic E-state index is -0.644. The molecule has 12 heteroatoms. The SMILES string of the molecule is O=C(CSc1nc2scc(-c3ccc(F)cc3)c2c(=O)[nH]1)Nc1cc([N+](=O)[O-])ccc1O. The molecule has 2 aromatic carbocycles. The molecule has 4 aromatic rings. The van der Waals surface area contributed by atoms with Crippen LogP contribution in [0.25, 0.3) is 21.3 Å². The van der Waals surface area contributed by atoms with Crippen molar-refractivity contribution in [1.29, 1.82) is 0 Å². The standard InChI is InChI=1S/C20H13FN4O5S2/c21-11-3-1-10(2-4-11)13-8-31-19-17(13)18(28)23-20(24-19)32-9-16(27)22-14-7-12(25(29)30)5-6-15(14)26/h1-8,26H,9H2,(H,22,27)(H,23,24,28). The van der Waals surface area contributed by atoms with Crippen LogP contribution in [0.1, 0.15) is 0 Å². The van der Waals surface area contributed by atoms with Crippen LogP contribution in [0.15, 0.2) is 57.8 Å². The van der Waals surface area contributed by atoms with Crippen molar-refractivity contribution in [2.24, 2.45) is 0 Å². The van der Waals surface area contributed by atoms with Crippen molar-refractivity contribution in [3.63, 3.8) is 0 Å². The summed E-state index contributed by atoms with van der Waals surface area (Å²) in [6, 6.07) is 9.05. The van der Waals surface area contributed by atoms with Gasteiger partial charge < -0.3 is 15.4 Å². The fourth-order valence-electron chi connectivity index (χ4n) is 2.90. The third kappa shape index (κ3) is 4.45. The minimum Gasteiger partial charge on any atom is -0.506 e. The second-order valence-electron chi connectivity index (χ2n) is 6.50. The van der Waals surface area contributed by atoms with Crippen molar-refractivity contribution in [2.45, 2.75) is 5.16 Å². The number of carbonyl (C=O) groups excluding carboxylic acids is 1. The number of phenolic OH excluding ortho intramolecular Hbond substituents is 1. The summed E-state index contributed by atoms with van der Waals surface area (Å²) in [7, 11) is 0. The number of thiophene rings is 1. The number of carbonyl (C=O) groups is 1. The molecule has 0 aliphatic carbocycles. The number of halogens is 1. The Morgan fingerprint density at radius 1 is 1.28 bits per heavy atom. The number of hydrogen-bond acceptors (Lipinski definition) is 8. The lowest BCUT2D eigenvalue weighted by molar-refractivity contribution is -0.384. The summed E-state index contributed by atoms with van der Waals surface area (Å²) in [4.78, 5) is 42.5. The molecule has 4 rings (SSSR count). The molecule has 9 nitrogen and oxygen atoms in total. The first-order valence-electron chi connectivity index (χ1n) is 8.99. The summed E-state index contributed by atoms with van der Waals surface area (Å²) in [5, 5.41) is 25.4. The predicted octanol–water partition coefficient (Wildman–Crippen LogP) is 4.14. The first-order valence-corrected chi connectivity index (χ1v) is 10.9. The Bertz CT molecular complexity index is 1400. The third-order valence-electron chi connectivity index (χ3n) is 4.38. The van der Waals surface area contributed by atoms with Crippen molar-refractivity contribution in [3.05, 3.63) is 74.1 Å². The molecule has 0 fully saturated rings. The molecule has 3 N–H and O–H groups in total. The number of H-pyrrole nitrogens is 1. The molecule has 0 unspecified atom stereocenters. The number of anilines is 1. The Kier molecular flexibility index (Phi) is 5.88. The van der Waals surface area contributed by atoms with Gasteiger partial charge in [-0.3, -0.25) is 19.7 Å². The molecule has 0 radical (unpaired) electrons. The highest BCUT2D eigenvalue weighted by Gasteiger charge is 2.16. The lowest BCUT2D eigenvalue weighted by atomic mass is 10.1. The van der Waals surface area contributed by atoms with Gasteiger partial charge in [-0.25, -0.2) is 9.37 Å². The highest BCUT2D eigenvalue weighted by atomic mass is 32.2. The molecule has 32 heavy (non-hydrogen) atoms. The molecular formula is C20H13FN4O5S2. The van der Waals surface area contributed by atoms with Crippen LogP contribution in [-0.4, -0.2) is 31.7 Å². The van der Waals surface area contributed by atoms with Gasteiger partial charge in [0.15, 0.2) is 5.16 Å². The number of aromatic hydroxyl groups is 1. The number of fused-ring (bicyclic) bond motifs is 1. The maximum absolute atomic E-state index is 13.2. The highest BCUT2D eigenvalue weighted by molar-refractivity contribution is 7.99. The average Bonchev–Trinajstić information content (AvgIpc) is 3.19. The van der Waals surface area contributed by atoms with Crippen molar-refractivity contribution < 1.29 is 19.2 Å². The van der Waals surface area contributed by atoms with Gasteiger partial charge in [-0.2, -0.15) is 0 Å². The molecule has 0 aliphatic heterocycles. The molecule has 2 aromatic heterocycles. The Labute approximate surface area is 187 Å². The summed E-state index contributed by atoms with van der Waals surface area (Å²) in [5.74, 6) is -1.40. The Morgan fingerprint density at radius 3 is 2.75 bits per heavy atom. The van der Waals surface area contributed by atoms with E-state index in [0.717, 1.165) is 30.0 Å². The fourth-order valence-corrected chi connectivity index (χ4v) is 4.56. The monoisotopic (exact) mass is 472 g/mol. The maximum Gasteiger partial charge on any atom is 0.271 e. The lowest BCUT2D eigenvalue weighted by Gasteiger charge is -2.07. The van der Waals surface area contributed by atoms with Crippen LogP contribution >= 0.6 is 23.1 Å². The Morgan fingerprint density at radius 2 is 2.03 bits per heavy atom. The molecule has 0 saturated carbocycles. The van der Waals surface area contributed by atoms with E-state index in [1.807, 2.05) is 0 Å². The predicted molar refractivity (Wildman–Crippen MR) is 120 cm³/mol. The van der Waals surface area contributed by atoms with Crippen LogP contribution in [0, 0.1) is 15.9 Å². The van der Waals surface area contributed by atoms with Crippen LogP contribution in [0.5, 0.6) is 5.75 Å². The number of nitro groups is 1. The number of benzene rings is 2. The van der Waals surface area contributed by atoms with E-state index < -0.39 is 16.4 Å². The number of non-ortho nitro benzene ring substituents is 1. The molecule has 0 spiro atoms. The topological polar surface area (TPSA) is 138 Å². The van der Waals surface area contributed by atoms with Crippen LogP contribution < -0.4 is 10.9 Å². The number of phenols is 1. The number of rotatable bonds is 6. The normalized spacial score (nSPS) is 10.9. The summed E-state index contributed by atoms with van der Waals surface area (Å²) in [6.45, 7) is 0. The summed E-state index contributed by atoms with van der Waals surface area (Å²) in [6.07, 6.45) is 0. The lowest BCUT2D eigenvalue weighted by Crippen LogP contribution is -2.15. The number of aromatic amines is 1. The third-order valence-corrected chi connectivity index (χ3v) is 6.13. The van der Waals surface area contributed by atoms with E-state index in [1.54, 1.807) is 17.5 Å². The van der Waals surface area contributed by atoms with Crippen LogP contribution in [0.4, 0.5) is 15.8 Å². The number of thioether (sulfide) groups is 1. The van der Waals surface area contributed by atoms with Gasteiger partial charge in [-0.1, -0.05) is 23.9 Å². The van der Waals surface area contributed by atoms with E-state index >= 15 is 0 Å². The van der Waals surface area contributed by atoms with E-state index in [4.69, 9.17) is 0 Å². The zero-order valence-corrected chi connectivity index (χ0v) is 17.6. The van der Waals surface area contributed by atoms with Gasteiger partial charge in [0.25, 0.3) is 11.2 Å². The van der Waals surface area contributed by atoms with Gasteiger partial charge >= 0.3 is 0 Å². The number of hydrogen-bond donors (Lipinski definition) is 3. The second kappa shape index (κ2) is 8.77. The van der Waals surface area contributed by atoms with E-state index in [9.17, 15) is 29.2 Å². The Hall–Kier alpha value is -3.77. The van der Waals surface area contributed by atoms with Gasteiger partial charge in [-0.05, 0) is 23.8 Å². The van der Waals surface area contributed by atoms with Crippen molar-refractivity contribution >= 4 is 50.6 Å². The summed E-state index contributed by atoms with van der Waals surface area (Å²) in [5.41, 5.74) is 0.547. The Balaban J connectivity index is 1.50. The molecule has 0 atom stereocenters. The van der Waals surface area contributed by atoms with Gasteiger partial charge in [0.1, 0.15) is 16.4 Å². The number of nitro benzene ring substituents is 1. The highest BCUT2D eigenvalue weighted by Crippen LogP contribution is 2.32. The minimum absolute atomic E-state index is 0.0936. The van der Waals surface area contributed by atoms with E-state index in [2.05, 4.69) is 15.3 Å².